The summed E-state index contributed by atoms with van der Waals surface area (Å²) in [6.07, 6.45) is 0. The molecule has 0 fully saturated rings. The van der Waals surface area contributed by atoms with E-state index < -0.39 is 0 Å². The van der Waals surface area contributed by atoms with E-state index in [9.17, 15) is 0 Å². The summed E-state index contributed by atoms with van der Waals surface area (Å²) in [5.74, 6) is 0. The van der Waals surface area contributed by atoms with Crippen LogP contribution in [0, 0.1) is 7.43 Å². The minimum Gasteiger partial charge on any atom is -0.153 e. The molecular formula is CH3PPbS. The maximum absolute atomic E-state index is 0. The summed E-state index contributed by atoms with van der Waals surface area (Å²) in [5, 5.41) is 0. The van der Waals surface area contributed by atoms with E-state index in [2.05, 4.69) is 0 Å². The Kier molecular flexibility index (Phi) is 242. The zero-order chi connectivity index (χ0) is 0. The van der Waals surface area contributed by atoms with Gasteiger partial charge < -0.3 is 0 Å². The van der Waals surface area contributed by atoms with Gasteiger partial charge in [0.15, 0.2) is 0 Å². The second-order valence-electron chi connectivity index (χ2n) is 0. The Bertz CT molecular complexity index is 8.00. The monoisotopic (exact) mass is 286 g/mol. The zero-order valence-corrected chi connectivity index (χ0v) is 8.23. The van der Waals surface area contributed by atoms with Gasteiger partial charge in [-0.15, -0.1) is 0 Å². The Morgan fingerprint density at radius 2 is 1.00 bits per heavy atom. The molecule has 0 aliphatic rings. The fourth-order valence-electron chi connectivity index (χ4n) is 0. The van der Waals surface area contributed by atoms with Crippen LogP contribution in [-0.4, -0.2) is 27.3 Å². The van der Waals surface area contributed by atoms with Gasteiger partial charge in [-0.1, -0.05) is 0 Å². The molecule has 22 valence electrons. The SMILES string of the molecule is P.[C].[Pb].[S]. The Hall–Kier alpha value is 1.70. The van der Waals surface area contributed by atoms with Gasteiger partial charge in [0.2, 0.25) is 0 Å². The van der Waals surface area contributed by atoms with E-state index in [1.807, 2.05) is 0 Å². The Morgan fingerprint density at radius 3 is 1.00 bits per heavy atom. The molecule has 0 heterocycles. The van der Waals surface area contributed by atoms with Crippen LogP contribution in [0.3, 0.4) is 0 Å². The minimum atomic E-state index is 0. The molecular weight excluding hydrogens is 282 g/mol. The van der Waals surface area contributed by atoms with E-state index in [-0.39, 0.29) is 58.1 Å². The maximum atomic E-state index is 0. The molecule has 0 bridgehead atoms. The molecule has 0 amide bonds. The van der Waals surface area contributed by atoms with Crippen molar-refractivity contribution >= 4 is 50.7 Å². The van der Waals surface area contributed by atoms with Crippen molar-refractivity contribution in [2.24, 2.45) is 0 Å². The molecule has 0 aliphatic carbocycles. The second kappa shape index (κ2) is 22.2. The summed E-state index contributed by atoms with van der Waals surface area (Å²) in [6, 6.07) is 0. The number of rotatable bonds is 0. The molecule has 0 aliphatic heterocycles. The first-order chi connectivity index (χ1) is 0. The first-order valence-corrected chi connectivity index (χ1v) is 0. The third-order valence-electron chi connectivity index (χ3n) is 0. The Morgan fingerprint density at radius 1 is 1.00 bits per heavy atom. The molecule has 0 saturated carbocycles. The quantitative estimate of drug-likeness (QED) is 0.447. The summed E-state index contributed by atoms with van der Waals surface area (Å²) in [4.78, 5) is 0. The smallest absolute Gasteiger partial charge is 0 e. The molecule has 1 unspecified atom stereocenters. The van der Waals surface area contributed by atoms with Crippen LogP contribution in [0.15, 0.2) is 0 Å². The molecule has 0 spiro atoms. The van der Waals surface area contributed by atoms with Crippen molar-refractivity contribution in [3.8, 4) is 0 Å². The van der Waals surface area contributed by atoms with E-state index in [1.165, 1.54) is 0 Å². The Labute approximate surface area is 58.0 Å². The number of hydrogen-bond acceptors (Lipinski definition) is 0. The van der Waals surface area contributed by atoms with Crippen molar-refractivity contribution < 1.29 is 0 Å². The first kappa shape index (κ1) is 43.5. The summed E-state index contributed by atoms with van der Waals surface area (Å²) in [6.45, 7) is 0. The van der Waals surface area contributed by atoms with E-state index in [1.54, 1.807) is 0 Å². The fourth-order valence-corrected chi connectivity index (χ4v) is 0. The van der Waals surface area contributed by atoms with Gasteiger partial charge in [-0.05, 0) is 0 Å². The van der Waals surface area contributed by atoms with Crippen molar-refractivity contribution in [1.29, 1.82) is 0 Å². The van der Waals surface area contributed by atoms with Crippen LogP contribution in [0.5, 0.6) is 0 Å². The first-order valence-electron chi connectivity index (χ1n) is 0. The van der Waals surface area contributed by atoms with Gasteiger partial charge in [0.05, 0.1) is 0 Å². The van der Waals surface area contributed by atoms with Gasteiger partial charge in [-0.3, -0.25) is 0 Å². The third kappa shape index (κ3) is 9.33. The molecule has 3 heteroatoms. The van der Waals surface area contributed by atoms with Crippen LogP contribution in [0.2, 0.25) is 0 Å². The average molecular weight is 285 g/mol. The average Bonchev–Trinajstić information content (AvgIpc) is 0. The van der Waals surface area contributed by atoms with Gasteiger partial charge in [0.1, 0.15) is 0 Å². The largest absolute Gasteiger partial charge is 0.153 e. The predicted molar refractivity (Wildman–Crippen MR) is 27.7 cm³/mol. The minimum absolute atomic E-state index is 0. The molecule has 0 aromatic rings. The van der Waals surface area contributed by atoms with E-state index in [4.69, 9.17) is 0 Å². The van der Waals surface area contributed by atoms with Crippen molar-refractivity contribution in [1.82, 2.24) is 0 Å². The van der Waals surface area contributed by atoms with Crippen molar-refractivity contribution in [2.75, 3.05) is 0 Å². The van der Waals surface area contributed by atoms with Crippen molar-refractivity contribution in [2.45, 2.75) is 0 Å². The molecule has 0 aromatic heterocycles. The normalized spacial score (nSPS) is 0. The molecule has 0 aromatic carbocycles. The molecule has 0 nitrogen and oxygen atoms in total. The summed E-state index contributed by atoms with van der Waals surface area (Å²) in [5.41, 5.74) is 0. The fraction of sp³-hybridized carbons (Fsp3) is 0. The molecule has 0 rings (SSSR count). The summed E-state index contributed by atoms with van der Waals surface area (Å²) in [7, 11) is 0. The van der Waals surface area contributed by atoms with Crippen LogP contribution in [0.4, 0.5) is 0 Å². The Balaban J connectivity index is 0. The van der Waals surface area contributed by atoms with E-state index in [0.717, 1.165) is 0 Å². The third-order valence-corrected chi connectivity index (χ3v) is 0. The van der Waals surface area contributed by atoms with E-state index in [0.29, 0.717) is 0 Å². The van der Waals surface area contributed by atoms with Gasteiger partial charge >= 0.3 is 0 Å². The van der Waals surface area contributed by atoms with Gasteiger partial charge in [0.25, 0.3) is 0 Å². The molecule has 4 heavy (non-hydrogen) atoms. The number of hydrogen-bond donors (Lipinski definition) is 0. The molecule has 0 saturated heterocycles. The summed E-state index contributed by atoms with van der Waals surface area (Å²) < 4.78 is 0. The van der Waals surface area contributed by atoms with Crippen LogP contribution in [-0.2, 0) is 0 Å². The predicted octanol–water partition coefficient (Wildman–Crippen LogP) is 0.407. The molecule has 1 atom stereocenters. The van der Waals surface area contributed by atoms with Crippen LogP contribution >= 0.6 is 23.4 Å². The van der Waals surface area contributed by atoms with Gasteiger partial charge in [0, 0.05) is 48.2 Å². The van der Waals surface area contributed by atoms with Crippen LogP contribution in [0.25, 0.3) is 0 Å². The summed E-state index contributed by atoms with van der Waals surface area (Å²) >= 11 is 0. The maximum Gasteiger partial charge on any atom is 0 e. The molecule has 10 radical (unpaired) electrons. The zero-order valence-electron chi connectivity index (χ0n) is 2.12. The van der Waals surface area contributed by atoms with Crippen LogP contribution < -0.4 is 0 Å². The van der Waals surface area contributed by atoms with Gasteiger partial charge in [-0.2, -0.15) is 9.90 Å². The topological polar surface area (TPSA) is 0 Å². The molecule has 0 N–H and O–H groups in total. The van der Waals surface area contributed by atoms with Crippen molar-refractivity contribution in [3.05, 3.63) is 7.43 Å². The van der Waals surface area contributed by atoms with E-state index >= 15 is 0 Å². The standard InChI is InChI=1S/C.H3P.Pb.S/h;1H3;;. The van der Waals surface area contributed by atoms with Crippen LogP contribution in [0.1, 0.15) is 0 Å². The second-order valence-corrected chi connectivity index (χ2v) is 0. The van der Waals surface area contributed by atoms with Gasteiger partial charge in [-0.25, -0.2) is 0 Å². The van der Waals surface area contributed by atoms with Crippen molar-refractivity contribution in [3.63, 3.8) is 0 Å².